The molecule has 0 aromatic heterocycles. The molecule has 1 amide bonds. The van der Waals surface area contributed by atoms with E-state index in [4.69, 9.17) is 5.11 Å². The number of anilines is 1. The Morgan fingerprint density at radius 1 is 1.29 bits per heavy atom. The first-order valence-corrected chi connectivity index (χ1v) is 5.82. The van der Waals surface area contributed by atoms with Gasteiger partial charge in [-0.05, 0) is 32.9 Å². The maximum Gasteiger partial charge on any atom is 0.253 e. The molecule has 0 heterocycles. The van der Waals surface area contributed by atoms with E-state index in [-0.39, 0.29) is 18.5 Å². The van der Waals surface area contributed by atoms with Crippen LogP contribution in [0.5, 0.6) is 0 Å². The molecule has 0 aliphatic carbocycles. The number of aliphatic hydroxyl groups is 1. The molecule has 0 fully saturated rings. The summed E-state index contributed by atoms with van der Waals surface area (Å²) in [4.78, 5) is 11.9. The first-order chi connectivity index (χ1) is 8.00. The van der Waals surface area contributed by atoms with Crippen molar-refractivity contribution in [3.63, 3.8) is 0 Å². The topological polar surface area (TPSA) is 61.4 Å². The van der Waals surface area contributed by atoms with Gasteiger partial charge >= 0.3 is 0 Å². The van der Waals surface area contributed by atoms with E-state index in [2.05, 4.69) is 10.6 Å². The van der Waals surface area contributed by atoms with Gasteiger partial charge in [-0.3, -0.25) is 4.79 Å². The molecule has 0 radical (unpaired) electrons. The van der Waals surface area contributed by atoms with Gasteiger partial charge in [-0.15, -0.1) is 0 Å². The molecule has 1 rings (SSSR count). The van der Waals surface area contributed by atoms with Gasteiger partial charge in [0.05, 0.1) is 11.7 Å². The Morgan fingerprint density at radius 3 is 2.53 bits per heavy atom. The Bertz CT molecular complexity index is 375. The minimum absolute atomic E-state index is 0.172. The van der Waals surface area contributed by atoms with Gasteiger partial charge in [-0.25, -0.2) is 0 Å². The number of hydrogen-bond acceptors (Lipinski definition) is 3. The van der Waals surface area contributed by atoms with Crippen LogP contribution < -0.4 is 10.6 Å². The van der Waals surface area contributed by atoms with Crippen molar-refractivity contribution in [1.82, 2.24) is 5.32 Å². The molecule has 0 unspecified atom stereocenters. The number of carbonyl (C=O) groups excluding carboxylic acids is 1. The predicted molar refractivity (Wildman–Crippen MR) is 69.2 cm³/mol. The van der Waals surface area contributed by atoms with Crippen LogP contribution >= 0.6 is 0 Å². The first kappa shape index (κ1) is 13.5. The van der Waals surface area contributed by atoms with E-state index in [1.165, 1.54) is 0 Å². The highest BCUT2D eigenvalue weighted by Gasteiger charge is 2.11. The third-order valence-corrected chi connectivity index (χ3v) is 2.17. The molecule has 0 aliphatic rings. The second-order valence-electron chi connectivity index (χ2n) is 4.40. The summed E-state index contributed by atoms with van der Waals surface area (Å²) in [6.07, 6.45) is -0.538. The lowest BCUT2D eigenvalue weighted by atomic mass is 10.1. The Morgan fingerprint density at radius 2 is 1.94 bits per heavy atom. The van der Waals surface area contributed by atoms with Crippen LogP contribution in [0.25, 0.3) is 0 Å². The Labute approximate surface area is 102 Å². The lowest BCUT2D eigenvalue weighted by molar-refractivity contribution is 0.0925. The van der Waals surface area contributed by atoms with Crippen LogP contribution in [0.1, 0.15) is 31.1 Å². The second-order valence-corrected chi connectivity index (χ2v) is 4.40. The van der Waals surface area contributed by atoms with Crippen LogP contribution in [0.15, 0.2) is 24.3 Å². The SMILES string of the molecule is CC(C)Nc1ccccc1C(=O)NC[C@H](C)O. The molecule has 4 heteroatoms. The Balaban J connectivity index is 2.78. The predicted octanol–water partition coefficient (Wildman–Crippen LogP) is 1.62. The fraction of sp³-hybridized carbons (Fsp3) is 0.462. The summed E-state index contributed by atoms with van der Waals surface area (Å²) in [6.45, 7) is 5.93. The van der Waals surface area contributed by atoms with E-state index in [9.17, 15) is 4.79 Å². The molecule has 0 bridgehead atoms. The molecule has 0 saturated carbocycles. The van der Waals surface area contributed by atoms with E-state index < -0.39 is 6.10 Å². The monoisotopic (exact) mass is 236 g/mol. The number of hydrogen-bond donors (Lipinski definition) is 3. The summed E-state index contributed by atoms with van der Waals surface area (Å²) in [5, 5.41) is 15.0. The molecule has 1 aromatic carbocycles. The van der Waals surface area contributed by atoms with E-state index in [1.54, 1.807) is 13.0 Å². The standard InChI is InChI=1S/C13H20N2O2/c1-9(2)15-12-7-5-4-6-11(12)13(17)14-8-10(3)16/h4-7,9-10,15-16H,8H2,1-3H3,(H,14,17)/t10-/m0/s1. The highest BCUT2D eigenvalue weighted by Crippen LogP contribution is 2.15. The number of rotatable bonds is 5. The van der Waals surface area contributed by atoms with Gasteiger partial charge in [0.25, 0.3) is 5.91 Å². The second kappa shape index (κ2) is 6.25. The van der Waals surface area contributed by atoms with Crippen LogP contribution in [-0.4, -0.2) is 29.7 Å². The van der Waals surface area contributed by atoms with Crippen LogP contribution in [0.4, 0.5) is 5.69 Å². The molecule has 0 aliphatic heterocycles. The van der Waals surface area contributed by atoms with Crippen molar-refractivity contribution in [2.45, 2.75) is 32.9 Å². The lowest BCUT2D eigenvalue weighted by Crippen LogP contribution is -2.31. The molecule has 17 heavy (non-hydrogen) atoms. The van der Waals surface area contributed by atoms with Crippen molar-refractivity contribution in [3.05, 3.63) is 29.8 Å². The molecule has 1 aromatic rings. The number of amides is 1. The fourth-order valence-electron chi connectivity index (χ4n) is 1.45. The van der Waals surface area contributed by atoms with Gasteiger partial charge in [-0.1, -0.05) is 12.1 Å². The van der Waals surface area contributed by atoms with E-state index in [0.717, 1.165) is 5.69 Å². The minimum Gasteiger partial charge on any atom is -0.392 e. The number of aliphatic hydroxyl groups excluding tert-OH is 1. The fourth-order valence-corrected chi connectivity index (χ4v) is 1.45. The average Bonchev–Trinajstić information content (AvgIpc) is 2.25. The van der Waals surface area contributed by atoms with E-state index in [0.29, 0.717) is 5.56 Å². The summed E-state index contributed by atoms with van der Waals surface area (Å²) in [5.41, 5.74) is 1.41. The third-order valence-electron chi connectivity index (χ3n) is 2.17. The van der Waals surface area contributed by atoms with Crippen molar-refractivity contribution in [2.75, 3.05) is 11.9 Å². The summed E-state index contributed by atoms with van der Waals surface area (Å²) in [6, 6.07) is 7.61. The molecule has 0 saturated heterocycles. The largest absolute Gasteiger partial charge is 0.392 e. The zero-order valence-electron chi connectivity index (χ0n) is 10.5. The van der Waals surface area contributed by atoms with Crippen LogP contribution in [-0.2, 0) is 0 Å². The maximum atomic E-state index is 11.9. The highest BCUT2D eigenvalue weighted by molar-refractivity contribution is 5.99. The quantitative estimate of drug-likeness (QED) is 0.728. The van der Waals surface area contributed by atoms with Crippen molar-refractivity contribution >= 4 is 11.6 Å². The highest BCUT2D eigenvalue weighted by atomic mass is 16.3. The van der Waals surface area contributed by atoms with Gasteiger partial charge in [0, 0.05) is 18.3 Å². The van der Waals surface area contributed by atoms with Crippen molar-refractivity contribution in [1.29, 1.82) is 0 Å². The smallest absolute Gasteiger partial charge is 0.253 e. The molecular weight excluding hydrogens is 216 g/mol. The van der Waals surface area contributed by atoms with Crippen LogP contribution in [0, 0.1) is 0 Å². The zero-order valence-corrected chi connectivity index (χ0v) is 10.5. The van der Waals surface area contributed by atoms with Crippen LogP contribution in [0.2, 0.25) is 0 Å². The summed E-state index contributed by atoms with van der Waals surface area (Å²) in [7, 11) is 0. The van der Waals surface area contributed by atoms with Crippen molar-refractivity contribution in [3.8, 4) is 0 Å². The minimum atomic E-state index is -0.538. The molecule has 4 nitrogen and oxygen atoms in total. The van der Waals surface area contributed by atoms with Gasteiger partial charge in [0.1, 0.15) is 0 Å². The van der Waals surface area contributed by atoms with Gasteiger partial charge in [0.2, 0.25) is 0 Å². The lowest BCUT2D eigenvalue weighted by Gasteiger charge is -2.15. The number of benzene rings is 1. The van der Waals surface area contributed by atoms with E-state index in [1.807, 2.05) is 32.0 Å². The molecular formula is C13H20N2O2. The maximum absolute atomic E-state index is 11.9. The van der Waals surface area contributed by atoms with Gasteiger partial charge in [0.15, 0.2) is 0 Å². The first-order valence-electron chi connectivity index (χ1n) is 5.82. The Hall–Kier alpha value is -1.55. The Kier molecular flexibility index (Phi) is 4.97. The summed E-state index contributed by atoms with van der Waals surface area (Å²) >= 11 is 0. The molecule has 1 atom stereocenters. The third kappa shape index (κ3) is 4.44. The normalized spacial score (nSPS) is 12.3. The number of nitrogens with one attached hydrogen (secondary N) is 2. The summed E-state index contributed by atoms with van der Waals surface area (Å²) in [5.74, 6) is -0.172. The number of carbonyl (C=O) groups is 1. The molecule has 94 valence electrons. The van der Waals surface area contributed by atoms with Crippen molar-refractivity contribution < 1.29 is 9.90 Å². The van der Waals surface area contributed by atoms with Gasteiger partial charge in [-0.2, -0.15) is 0 Å². The van der Waals surface area contributed by atoms with Crippen molar-refractivity contribution in [2.24, 2.45) is 0 Å². The van der Waals surface area contributed by atoms with Crippen LogP contribution in [0.3, 0.4) is 0 Å². The van der Waals surface area contributed by atoms with Gasteiger partial charge < -0.3 is 15.7 Å². The van der Waals surface area contributed by atoms with E-state index >= 15 is 0 Å². The molecule has 0 spiro atoms. The average molecular weight is 236 g/mol. The molecule has 3 N–H and O–H groups in total. The number of para-hydroxylation sites is 1. The summed E-state index contributed by atoms with van der Waals surface area (Å²) < 4.78 is 0. The zero-order chi connectivity index (χ0) is 12.8.